The third-order valence-corrected chi connectivity index (χ3v) is 3.07. The highest BCUT2D eigenvalue weighted by Gasteiger charge is 2.09. The van der Waals surface area contributed by atoms with Crippen molar-refractivity contribution in [3.63, 3.8) is 0 Å². The van der Waals surface area contributed by atoms with Crippen LogP contribution in [0.25, 0.3) is 0 Å². The molecule has 0 bridgehead atoms. The number of nitrogens with zero attached hydrogens (tertiary/aromatic N) is 2. The summed E-state index contributed by atoms with van der Waals surface area (Å²) in [7, 11) is 1.90. The molecule has 1 heterocycles. The fraction of sp³-hybridized carbons (Fsp3) is 0.154. The third kappa shape index (κ3) is 2.64. The van der Waals surface area contributed by atoms with Gasteiger partial charge in [-0.3, -0.25) is 0 Å². The second kappa shape index (κ2) is 4.84. The van der Waals surface area contributed by atoms with Crippen LogP contribution in [0.1, 0.15) is 5.56 Å². The van der Waals surface area contributed by atoms with Crippen LogP contribution < -0.4 is 4.90 Å². The highest BCUT2D eigenvalue weighted by Crippen LogP contribution is 2.29. The molecule has 0 unspecified atom stereocenters. The van der Waals surface area contributed by atoms with E-state index in [1.807, 2.05) is 24.9 Å². The number of anilines is 2. The zero-order valence-electron chi connectivity index (χ0n) is 9.61. The quantitative estimate of drug-likeness (QED) is 0.830. The maximum absolute atomic E-state index is 12.8. The molecule has 88 valence electrons. The first-order chi connectivity index (χ1) is 8.08. The van der Waals surface area contributed by atoms with Crippen molar-refractivity contribution in [1.29, 1.82) is 0 Å². The standard InChI is InChI=1S/C13H12BrFN2/c1-9-7-12(14)13(16-8-9)17(2)11-5-3-10(15)4-6-11/h3-8H,1-2H3. The van der Waals surface area contributed by atoms with E-state index in [1.165, 1.54) is 12.1 Å². The molecule has 1 aromatic heterocycles. The van der Waals surface area contributed by atoms with Crippen molar-refractivity contribution in [2.75, 3.05) is 11.9 Å². The van der Waals surface area contributed by atoms with Gasteiger partial charge in [0.1, 0.15) is 11.6 Å². The summed E-state index contributed by atoms with van der Waals surface area (Å²) in [5.74, 6) is 0.570. The number of hydrogen-bond acceptors (Lipinski definition) is 2. The molecule has 0 saturated heterocycles. The number of halogens is 2. The fourth-order valence-electron chi connectivity index (χ4n) is 1.56. The molecule has 2 aromatic rings. The lowest BCUT2D eigenvalue weighted by molar-refractivity contribution is 0.628. The third-order valence-electron chi connectivity index (χ3n) is 2.49. The van der Waals surface area contributed by atoms with Gasteiger partial charge >= 0.3 is 0 Å². The van der Waals surface area contributed by atoms with Crippen LogP contribution >= 0.6 is 15.9 Å². The molecule has 0 spiro atoms. The summed E-state index contributed by atoms with van der Waals surface area (Å²) in [4.78, 5) is 6.27. The van der Waals surface area contributed by atoms with Crippen LogP contribution in [0.5, 0.6) is 0 Å². The van der Waals surface area contributed by atoms with Crippen LogP contribution in [0, 0.1) is 12.7 Å². The molecule has 0 aliphatic carbocycles. The smallest absolute Gasteiger partial charge is 0.147 e. The maximum atomic E-state index is 12.8. The summed E-state index contributed by atoms with van der Waals surface area (Å²) in [5.41, 5.74) is 1.98. The number of aryl methyl sites for hydroxylation is 1. The van der Waals surface area contributed by atoms with E-state index in [-0.39, 0.29) is 5.82 Å². The Labute approximate surface area is 108 Å². The second-order valence-corrected chi connectivity index (χ2v) is 4.71. The molecule has 17 heavy (non-hydrogen) atoms. The van der Waals surface area contributed by atoms with Gasteiger partial charge in [-0.1, -0.05) is 0 Å². The Morgan fingerprint density at radius 2 is 1.88 bits per heavy atom. The van der Waals surface area contributed by atoms with E-state index in [4.69, 9.17) is 0 Å². The van der Waals surface area contributed by atoms with Crippen LogP contribution in [0.15, 0.2) is 41.0 Å². The molecule has 2 nitrogen and oxygen atoms in total. The molecule has 0 N–H and O–H groups in total. The Morgan fingerprint density at radius 3 is 2.47 bits per heavy atom. The van der Waals surface area contributed by atoms with Gasteiger partial charge in [0.25, 0.3) is 0 Å². The molecule has 0 saturated carbocycles. The van der Waals surface area contributed by atoms with E-state index < -0.39 is 0 Å². The minimum absolute atomic E-state index is 0.238. The summed E-state index contributed by atoms with van der Waals surface area (Å²) in [6.07, 6.45) is 1.81. The highest BCUT2D eigenvalue weighted by atomic mass is 79.9. The Balaban J connectivity index is 2.36. The van der Waals surface area contributed by atoms with Crippen molar-refractivity contribution in [2.45, 2.75) is 6.92 Å². The van der Waals surface area contributed by atoms with Gasteiger partial charge in [-0.05, 0) is 58.7 Å². The molecule has 4 heteroatoms. The van der Waals surface area contributed by atoms with Crippen LogP contribution in [0.4, 0.5) is 15.9 Å². The Hall–Kier alpha value is -1.42. The van der Waals surface area contributed by atoms with Gasteiger partial charge in [0.2, 0.25) is 0 Å². The Kier molecular flexibility index (Phi) is 3.43. The highest BCUT2D eigenvalue weighted by molar-refractivity contribution is 9.10. The van der Waals surface area contributed by atoms with Gasteiger partial charge in [0.05, 0.1) is 4.47 Å². The van der Waals surface area contributed by atoms with Gasteiger partial charge in [0, 0.05) is 18.9 Å². The zero-order valence-corrected chi connectivity index (χ0v) is 11.2. The predicted molar refractivity (Wildman–Crippen MR) is 71.1 cm³/mol. The summed E-state index contributed by atoms with van der Waals surface area (Å²) in [5, 5.41) is 0. The van der Waals surface area contributed by atoms with Crippen molar-refractivity contribution in [2.24, 2.45) is 0 Å². The fourth-order valence-corrected chi connectivity index (χ4v) is 2.29. The molecule has 0 aliphatic heterocycles. The van der Waals surface area contributed by atoms with Crippen molar-refractivity contribution in [1.82, 2.24) is 4.98 Å². The molecule has 0 atom stereocenters. The Morgan fingerprint density at radius 1 is 1.24 bits per heavy atom. The SMILES string of the molecule is Cc1cnc(N(C)c2ccc(F)cc2)c(Br)c1. The summed E-state index contributed by atoms with van der Waals surface area (Å²) < 4.78 is 13.8. The van der Waals surface area contributed by atoms with Crippen molar-refractivity contribution in [3.05, 3.63) is 52.4 Å². The molecule has 0 radical (unpaired) electrons. The predicted octanol–water partition coefficient (Wildman–Crippen LogP) is 4.06. The van der Waals surface area contributed by atoms with E-state index >= 15 is 0 Å². The average molecular weight is 295 g/mol. The molecular formula is C13H12BrFN2. The van der Waals surface area contributed by atoms with Crippen LogP contribution in [-0.2, 0) is 0 Å². The van der Waals surface area contributed by atoms with Crippen molar-refractivity contribution < 1.29 is 4.39 Å². The maximum Gasteiger partial charge on any atom is 0.147 e. The van der Waals surface area contributed by atoms with Gasteiger partial charge in [0.15, 0.2) is 0 Å². The van der Waals surface area contributed by atoms with E-state index in [0.717, 1.165) is 21.5 Å². The number of rotatable bonds is 2. The number of pyridine rings is 1. The minimum Gasteiger partial charge on any atom is -0.329 e. The largest absolute Gasteiger partial charge is 0.329 e. The first-order valence-corrected chi connectivity index (χ1v) is 5.98. The lowest BCUT2D eigenvalue weighted by Crippen LogP contribution is -2.11. The Bertz CT molecular complexity index is 525. The zero-order chi connectivity index (χ0) is 12.4. The number of aromatic nitrogens is 1. The molecular weight excluding hydrogens is 283 g/mol. The van der Waals surface area contributed by atoms with E-state index in [1.54, 1.807) is 18.3 Å². The van der Waals surface area contributed by atoms with Crippen molar-refractivity contribution in [3.8, 4) is 0 Å². The topological polar surface area (TPSA) is 16.1 Å². The summed E-state index contributed by atoms with van der Waals surface area (Å²) >= 11 is 3.48. The monoisotopic (exact) mass is 294 g/mol. The van der Waals surface area contributed by atoms with Gasteiger partial charge in [-0.2, -0.15) is 0 Å². The normalized spacial score (nSPS) is 10.4. The molecule has 0 aliphatic rings. The average Bonchev–Trinajstić information content (AvgIpc) is 2.29. The van der Waals surface area contributed by atoms with Crippen LogP contribution in [0.2, 0.25) is 0 Å². The second-order valence-electron chi connectivity index (χ2n) is 3.85. The van der Waals surface area contributed by atoms with Gasteiger partial charge < -0.3 is 4.90 Å². The number of hydrogen-bond donors (Lipinski definition) is 0. The van der Waals surface area contributed by atoms with Crippen LogP contribution in [-0.4, -0.2) is 12.0 Å². The van der Waals surface area contributed by atoms with Gasteiger partial charge in [-0.25, -0.2) is 9.37 Å². The molecule has 1 aromatic carbocycles. The van der Waals surface area contributed by atoms with Gasteiger partial charge in [-0.15, -0.1) is 0 Å². The van der Waals surface area contributed by atoms with E-state index in [0.29, 0.717) is 0 Å². The molecule has 0 amide bonds. The summed E-state index contributed by atoms with van der Waals surface area (Å²) in [6, 6.07) is 8.33. The first kappa shape index (κ1) is 12.0. The molecule has 0 fully saturated rings. The molecule has 2 rings (SSSR count). The lowest BCUT2D eigenvalue weighted by Gasteiger charge is -2.19. The van der Waals surface area contributed by atoms with E-state index in [9.17, 15) is 4.39 Å². The van der Waals surface area contributed by atoms with Crippen molar-refractivity contribution >= 4 is 27.4 Å². The summed E-state index contributed by atoms with van der Waals surface area (Å²) in [6.45, 7) is 1.99. The van der Waals surface area contributed by atoms with Crippen LogP contribution in [0.3, 0.4) is 0 Å². The lowest BCUT2D eigenvalue weighted by atomic mass is 10.2. The first-order valence-electron chi connectivity index (χ1n) is 5.19. The minimum atomic E-state index is -0.238. The van der Waals surface area contributed by atoms with E-state index in [2.05, 4.69) is 20.9 Å². The number of benzene rings is 1.